The van der Waals surface area contributed by atoms with Gasteiger partial charge in [0.1, 0.15) is 33.0 Å². The lowest BCUT2D eigenvalue weighted by Crippen LogP contribution is -2.37. The van der Waals surface area contributed by atoms with E-state index in [1.807, 2.05) is 106 Å². The first-order chi connectivity index (χ1) is 65.0. The predicted molar refractivity (Wildman–Crippen MR) is 548 cm³/mol. The molecule has 3 aliphatic rings. The number of nitrogens with zero attached hydrogens (tertiary/aromatic N) is 3. The van der Waals surface area contributed by atoms with E-state index in [0.717, 1.165) is 116 Å². The number of Topliss-reactive ketones (excluding diaryl/α,β-unsaturated/α-hetero) is 1. The minimum atomic E-state index is -3.66. The zero-order chi connectivity index (χ0) is 96.4. The van der Waals surface area contributed by atoms with Crippen LogP contribution in [0.4, 0.5) is 10.8 Å². The Balaban J connectivity index is 0.000000156. The summed E-state index contributed by atoms with van der Waals surface area (Å²) >= 11 is 16.0. The van der Waals surface area contributed by atoms with E-state index in [2.05, 4.69) is 201 Å². The Morgan fingerprint density at radius 1 is 0.674 bits per heavy atom. The molecule has 3 aliphatic carbocycles. The smallest absolute Gasteiger partial charge is 0.258 e. The summed E-state index contributed by atoms with van der Waals surface area (Å²) in [5.74, 6) is 3.04. The number of anilines is 1. The number of phenols is 1. The number of rotatable bonds is 32. The van der Waals surface area contributed by atoms with Crippen molar-refractivity contribution in [1.82, 2.24) is 40.5 Å². The molecule has 0 saturated heterocycles. The molecule has 4 heterocycles. The molecule has 0 bridgehead atoms. The molecule has 28 heteroatoms. The van der Waals surface area contributed by atoms with E-state index in [4.69, 9.17) is 42.1 Å². The normalized spacial score (nSPS) is 14.3. The van der Waals surface area contributed by atoms with Crippen molar-refractivity contribution < 1.29 is 56.4 Å². The van der Waals surface area contributed by atoms with Gasteiger partial charge in [0.15, 0.2) is 28.9 Å². The van der Waals surface area contributed by atoms with Gasteiger partial charge in [-0.2, -0.15) is 0 Å². The first-order valence-electron chi connectivity index (χ1n) is 45.6. The van der Waals surface area contributed by atoms with Crippen molar-refractivity contribution in [3.63, 3.8) is 0 Å². The first-order valence-corrected chi connectivity index (χ1v) is 50.4. The van der Waals surface area contributed by atoms with Gasteiger partial charge in [0, 0.05) is 92.5 Å². The molecule has 9 aromatic carbocycles. The minimum Gasteiger partial charge on any atom is -0.508 e. The predicted octanol–water partition coefficient (Wildman–Crippen LogP) is 22.8. The standard InChI is InChI=1S/C22H27NO2.C21H27NO2.C18H16N2OS.C16H19ClN2.C16H20ClNO3.C14H13N3O4S3/c1-22(2,17-8-4-3-5-9-17)18-12-14-20(15-13-18)25-16-21(24)23-19-10-6-7-11-19;1-5-16(2)22-20(23)15-24-19-13-11-18(12-14-19)21(3,4)17-9-7-6-8-10-17;1-2-12-20-17(14-6-4-3-5-7-14)13-22-18(20)19-15-8-10-16(21)11-9-15;1-3-18-10(2)12-5-4-6-13-14-9-11(17)7-8-15(14)19-16(12)13;1-11-10-12(17)7-8-15(11)21-9-3-6-16(20)18-13-4-2-5-14(13)19;1-21-9-4-5-10-11(7-9)23-14(16-10)17-12(18)8-15-24(19,20)13-3-2-6-22-13/h3-5,8-9,12-15,19H,6-7,10-11,16H2,1-2H3,(H,23,24);6-14,16H,5,15H2,1-4H3,(H,22,23);2-11,13,21H,1,12H2;7-9,12,18-19H,2-6H2,1H3;7-8,10,13H,2-6,9H2,1H3,(H,18,20);2-7,15H,8H2,1H3,(H,16,17,18). The summed E-state index contributed by atoms with van der Waals surface area (Å²) in [6.45, 7) is 26.8. The molecule has 4 amide bonds. The number of aromatic amines is 1. The van der Waals surface area contributed by atoms with Crippen LogP contribution in [0.15, 0.2) is 275 Å². The van der Waals surface area contributed by atoms with E-state index in [1.54, 1.807) is 72.4 Å². The van der Waals surface area contributed by atoms with Crippen molar-refractivity contribution in [2.45, 2.75) is 184 Å². The number of thiophene rings is 1. The number of aromatic hydroxyl groups is 1. The maximum atomic E-state index is 12.0. The number of hydrogen-bond donors (Lipinski definition) is 8. The van der Waals surface area contributed by atoms with Crippen molar-refractivity contribution in [3.05, 3.63) is 320 Å². The number of aryl methyl sites for hydroxylation is 2. The van der Waals surface area contributed by atoms with Crippen LogP contribution >= 0.6 is 57.2 Å². The number of thiazole rings is 2. The van der Waals surface area contributed by atoms with Crippen LogP contribution in [-0.2, 0) is 57.8 Å². The second-order valence-electron chi connectivity index (χ2n) is 34.0. The molecule has 3 atom stereocenters. The Labute approximate surface area is 814 Å². The Bertz CT molecular complexity index is 6240. The minimum absolute atomic E-state index is 0.0272. The summed E-state index contributed by atoms with van der Waals surface area (Å²) in [4.78, 5) is 72.2. The fraction of sp³-hybridized carbons (Fsp3) is 0.318. The molecule has 22 nitrogen and oxygen atoms in total. The molecule has 710 valence electrons. The molecule has 16 rings (SSSR count). The highest BCUT2D eigenvalue weighted by molar-refractivity contribution is 7.91. The summed E-state index contributed by atoms with van der Waals surface area (Å²) in [6, 6.07) is 74.4. The van der Waals surface area contributed by atoms with E-state index in [9.17, 15) is 37.5 Å². The highest BCUT2D eigenvalue weighted by Gasteiger charge is 2.30. The SMILES string of the molecule is C=C(NCC)C1CCCc2c1[nH]c1ccc(Cl)cc21.C=CCn1c(-c2ccccc2)csc1=Nc1ccc(O)cc1.CC(C)(c1ccccc1)c1ccc(OCC(=O)NC2CCCC2)cc1.CCC(C)NC(=O)COc1ccc(C(C)(C)c2ccccc2)cc1.COc1ccc2nc(NC(=O)CNS(=O)(=O)c3cccs3)sc2c1.Cc1cc(Cl)ccc1OCCCC(=O)NC1CCCC1=O. The lowest BCUT2D eigenvalue weighted by atomic mass is 9.78. The first kappa shape index (κ1) is 103. The molecule has 3 unspecified atom stereocenters. The molecule has 0 radical (unpaired) electrons. The molecule has 2 fully saturated rings. The van der Waals surface area contributed by atoms with Gasteiger partial charge in [-0.3, -0.25) is 24.0 Å². The van der Waals surface area contributed by atoms with Gasteiger partial charge < -0.3 is 60.2 Å². The summed E-state index contributed by atoms with van der Waals surface area (Å²) in [5, 5.41) is 31.0. The highest BCUT2D eigenvalue weighted by Crippen LogP contribution is 2.41. The molecule has 135 heavy (non-hydrogen) atoms. The number of carbonyl (C=O) groups excluding carboxylic acids is 5. The number of fused-ring (bicyclic) bond motifs is 4. The molecule has 0 aliphatic heterocycles. The number of halogens is 2. The number of hydrogen-bond acceptors (Lipinski definition) is 18. The van der Waals surface area contributed by atoms with E-state index in [1.165, 1.54) is 87.5 Å². The number of nitrogens with one attached hydrogen (secondary N) is 7. The van der Waals surface area contributed by atoms with Crippen LogP contribution < -0.4 is 55.1 Å². The van der Waals surface area contributed by atoms with Crippen LogP contribution in [0, 0.1) is 6.92 Å². The number of carbonyl (C=O) groups is 5. The number of ketones is 1. The van der Waals surface area contributed by atoms with E-state index in [-0.39, 0.29) is 76.1 Å². The quantitative estimate of drug-likeness (QED) is 0.0144. The third-order valence-electron chi connectivity index (χ3n) is 23.5. The second-order valence-corrected chi connectivity index (χ2v) is 39.7. The average molecular weight is 1940 g/mol. The molecule has 4 aromatic heterocycles. The van der Waals surface area contributed by atoms with E-state index in [0.29, 0.717) is 66.0 Å². The van der Waals surface area contributed by atoms with Gasteiger partial charge in [-0.1, -0.05) is 216 Å². The number of aromatic nitrogens is 3. The zero-order valence-electron chi connectivity index (χ0n) is 78.0. The number of H-pyrrole nitrogens is 1. The molecule has 8 N–H and O–H groups in total. The van der Waals surface area contributed by atoms with Crippen molar-refractivity contribution in [2.75, 3.05) is 45.3 Å². The Kier molecular flexibility index (Phi) is 39.0. The van der Waals surface area contributed by atoms with Gasteiger partial charge in [-0.05, 0) is 232 Å². The fourth-order valence-electron chi connectivity index (χ4n) is 15.7. The van der Waals surface area contributed by atoms with Gasteiger partial charge in [0.25, 0.3) is 21.8 Å². The third-order valence-corrected chi connectivity index (χ3v) is 28.5. The number of methoxy groups -OCH3 is 1. The summed E-state index contributed by atoms with van der Waals surface area (Å²) in [5.41, 5.74) is 14.7. The topological polar surface area (TPSA) is 295 Å². The van der Waals surface area contributed by atoms with Gasteiger partial charge in [0.05, 0.1) is 47.9 Å². The van der Waals surface area contributed by atoms with Crippen molar-refractivity contribution in [3.8, 4) is 40.0 Å². The van der Waals surface area contributed by atoms with Crippen LogP contribution in [0.3, 0.4) is 0 Å². The molecular weight excluding hydrogens is 1820 g/mol. The van der Waals surface area contributed by atoms with Crippen molar-refractivity contribution >= 4 is 129 Å². The lowest BCUT2D eigenvalue weighted by molar-refractivity contribution is -0.126. The summed E-state index contributed by atoms with van der Waals surface area (Å²) in [6.07, 6.45) is 14.1. The van der Waals surface area contributed by atoms with Crippen molar-refractivity contribution in [2.24, 2.45) is 4.99 Å². The van der Waals surface area contributed by atoms with Gasteiger partial charge in [0.2, 0.25) is 11.8 Å². The highest BCUT2D eigenvalue weighted by atomic mass is 35.5. The van der Waals surface area contributed by atoms with E-state index < -0.39 is 15.9 Å². The van der Waals surface area contributed by atoms with E-state index >= 15 is 0 Å². The molecule has 13 aromatic rings. The Hall–Kier alpha value is -12.1. The summed E-state index contributed by atoms with van der Waals surface area (Å²) in [7, 11) is -2.09. The number of sulfonamides is 1. The number of likely N-dealkylation sites (N-methyl/N-ethyl adjacent to an activating group) is 1. The van der Waals surface area contributed by atoms with Gasteiger partial charge in [-0.25, -0.2) is 23.1 Å². The van der Waals surface area contributed by atoms with Crippen LogP contribution in [-0.4, -0.2) is 116 Å². The van der Waals surface area contributed by atoms with Crippen LogP contribution in [0.5, 0.6) is 28.7 Å². The molecule has 0 spiro atoms. The maximum absolute atomic E-state index is 12.0. The Morgan fingerprint density at radius 2 is 1.28 bits per heavy atom. The fourth-order valence-corrected chi connectivity index (χ4v) is 20.0. The molecular formula is C107H122Cl2N10O12S4. The lowest BCUT2D eigenvalue weighted by Gasteiger charge is -2.26. The van der Waals surface area contributed by atoms with Crippen molar-refractivity contribution in [1.29, 1.82) is 0 Å². The number of allylic oxidation sites excluding steroid dienone is 2. The number of benzene rings is 9. The van der Waals surface area contributed by atoms with Gasteiger partial charge >= 0.3 is 0 Å². The largest absolute Gasteiger partial charge is 0.508 e. The second kappa shape index (κ2) is 51.0. The summed E-state index contributed by atoms with van der Waals surface area (Å²) < 4.78 is 51.3. The van der Waals surface area contributed by atoms with Crippen LogP contribution in [0.2, 0.25) is 10.0 Å². The van der Waals surface area contributed by atoms with Crippen LogP contribution in [0.1, 0.15) is 171 Å². The number of phenolic OH excluding ortho intramolecular Hbond substituents is 1. The number of ether oxygens (including phenoxy) is 4. The Morgan fingerprint density at radius 3 is 1.87 bits per heavy atom. The molecule has 2 saturated carbocycles. The third kappa shape index (κ3) is 30.7. The maximum Gasteiger partial charge on any atom is 0.258 e. The number of amides is 4. The monoisotopic (exact) mass is 1940 g/mol. The average Bonchev–Trinajstić information content (AvgIpc) is 1.62. The van der Waals surface area contributed by atoms with Crippen LogP contribution in [0.25, 0.3) is 32.4 Å². The van der Waals surface area contributed by atoms with Gasteiger partial charge in [-0.15, -0.1) is 29.3 Å². The zero-order valence-corrected chi connectivity index (χ0v) is 82.8.